The third kappa shape index (κ3) is 3.40. The van der Waals surface area contributed by atoms with Crippen molar-refractivity contribution >= 4 is 15.5 Å². The van der Waals surface area contributed by atoms with Crippen LogP contribution in [0, 0.1) is 0 Å². The highest BCUT2D eigenvalue weighted by atomic mass is 32.2. The summed E-state index contributed by atoms with van der Waals surface area (Å²) in [6.45, 7) is 3.78. The van der Waals surface area contributed by atoms with E-state index in [-0.39, 0.29) is 17.5 Å². The van der Waals surface area contributed by atoms with E-state index in [9.17, 15) is 8.42 Å². The minimum Gasteiger partial charge on any atom is -0.369 e. The molecule has 21 heavy (non-hydrogen) atoms. The van der Waals surface area contributed by atoms with Gasteiger partial charge in [0.15, 0.2) is 9.84 Å². The fourth-order valence-electron chi connectivity index (χ4n) is 3.45. The van der Waals surface area contributed by atoms with Crippen LogP contribution in [0.5, 0.6) is 0 Å². The summed E-state index contributed by atoms with van der Waals surface area (Å²) in [6, 6.07) is 9.22. The van der Waals surface area contributed by atoms with Crippen LogP contribution >= 0.6 is 0 Å². The number of anilines is 1. The Balaban J connectivity index is 1.67. The molecule has 0 aliphatic carbocycles. The lowest BCUT2D eigenvalue weighted by Gasteiger charge is -2.38. The lowest BCUT2D eigenvalue weighted by Crippen LogP contribution is -2.47. The molecular weight excluding hydrogens is 284 g/mol. The van der Waals surface area contributed by atoms with Crippen LogP contribution in [-0.2, 0) is 16.3 Å². The van der Waals surface area contributed by atoms with Gasteiger partial charge in [0, 0.05) is 30.9 Å². The fourth-order valence-corrected chi connectivity index (χ4v) is 4.94. The van der Waals surface area contributed by atoms with E-state index in [1.54, 1.807) is 0 Å². The number of fused-ring (bicyclic) bond motifs is 1. The van der Waals surface area contributed by atoms with E-state index in [2.05, 4.69) is 41.4 Å². The molecule has 0 saturated carbocycles. The largest absolute Gasteiger partial charge is 0.369 e. The maximum atomic E-state index is 11.7. The SMILES string of the molecule is CC1CCc2ccccc2N1CCC1CS(=O)(=O)CCN1. The van der Waals surface area contributed by atoms with Crippen molar-refractivity contribution in [2.45, 2.75) is 38.3 Å². The van der Waals surface area contributed by atoms with Gasteiger partial charge in [0.1, 0.15) is 0 Å². The van der Waals surface area contributed by atoms with Gasteiger partial charge in [-0.15, -0.1) is 0 Å². The van der Waals surface area contributed by atoms with Crippen LogP contribution in [0.1, 0.15) is 25.3 Å². The molecule has 2 unspecified atom stereocenters. The quantitative estimate of drug-likeness (QED) is 0.921. The summed E-state index contributed by atoms with van der Waals surface area (Å²) in [4.78, 5) is 2.45. The minimum absolute atomic E-state index is 0.102. The number of rotatable bonds is 3. The summed E-state index contributed by atoms with van der Waals surface area (Å²) in [5.41, 5.74) is 2.75. The Morgan fingerprint density at radius 1 is 1.33 bits per heavy atom. The van der Waals surface area contributed by atoms with Gasteiger partial charge in [0.2, 0.25) is 0 Å². The highest BCUT2D eigenvalue weighted by Gasteiger charge is 2.27. The molecule has 116 valence electrons. The summed E-state index contributed by atoms with van der Waals surface area (Å²) in [6.07, 6.45) is 3.20. The average Bonchev–Trinajstić information content (AvgIpc) is 2.45. The van der Waals surface area contributed by atoms with Crippen molar-refractivity contribution in [2.24, 2.45) is 0 Å². The number of para-hydroxylation sites is 1. The number of hydrogen-bond donors (Lipinski definition) is 1. The van der Waals surface area contributed by atoms with Crippen LogP contribution in [0.3, 0.4) is 0 Å². The van der Waals surface area contributed by atoms with Crippen molar-refractivity contribution in [1.82, 2.24) is 5.32 Å². The molecule has 2 atom stereocenters. The summed E-state index contributed by atoms with van der Waals surface area (Å²) in [5.74, 6) is 0.573. The molecule has 1 N–H and O–H groups in total. The Morgan fingerprint density at radius 3 is 2.95 bits per heavy atom. The molecule has 2 heterocycles. The van der Waals surface area contributed by atoms with Crippen LogP contribution in [0.25, 0.3) is 0 Å². The van der Waals surface area contributed by atoms with Crippen molar-refractivity contribution in [3.63, 3.8) is 0 Å². The van der Waals surface area contributed by atoms with E-state index in [0.717, 1.165) is 19.4 Å². The number of hydrogen-bond acceptors (Lipinski definition) is 4. The van der Waals surface area contributed by atoms with Gasteiger partial charge in [-0.1, -0.05) is 18.2 Å². The number of sulfone groups is 1. The van der Waals surface area contributed by atoms with E-state index in [1.807, 2.05) is 0 Å². The van der Waals surface area contributed by atoms with Crippen LogP contribution in [-0.4, -0.2) is 45.1 Å². The normalized spacial score (nSPS) is 28.1. The van der Waals surface area contributed by atoms with Gasteiger partial charge in [-0.2, -0.15) is 0 Å². The van der Waals surface area contributed by atoms with Crippen molar-refractivity contribution in [1.29, 1.82) is 0 Å². The van der Waals surface area contributed by atoms with E-state index < -0.39 is 9.84 Å². The molecule has 0 spiro atoms. The molecule has 4 nitrogen and oxygen atoms in total. The third-order valence-corrected chi connectivity index (χ3v) is 6.42. The molecule has 1 aromatic rings. The second-order valence-electron chi connectivity index (χ2n) is 6.26. The van der Waals surface area contributed by atoms with E-state index in [1.165, 1.54) is 17.7 Å². The maximum Gasteiger partial charge on any atom is 0.153 e. The van der Waals surface area contributed by atoms with Gasteiger partial charge in [0.05, 0.1) is 11.5 Å². The monoisotopic (exact) mass is 308 g/mol. The van der Waals surface area contributed by atoms with E-state index in [0.29, 0.717) is 12.6 Å². The smallest absolute Gasteiger partial charge is 0.153 e. The first-order valence-electron chi connectivity index (χ1n) is 7.83. The predicted molar refractivity (Wildman–Crippen MR) is 86.6 cm³/mol. The first kappa shape index (κ1) is 14.9. The molecule has 1 saturated heterocycles. The van der Waals surface area contributed by atoms with Gasteiger partial charge in [-0.25, -0.2) is 8.42 Å². The Hall–Kier alpha value is -1.07. The Kier molecular flexibility index (Phi) is 4.22. The van der Waals surface area contributed by atoms with Gasteiger partial charge in [-0.05, 0) is 37.8 Å². The summed E-state index contributed by atoms with van der Waals surface area (Å²) >= 11 is 0. The number of nitrogens with one attached hydrogen (secondary N) is 1. The first-order valence-corrected chi connectivity index (χ1v) is 9.66. The molecule has 2 aliphatic rings. The standard InChI is InChI=1S/C16H24N2O2S/c1-13-6-7-14-4-2-3-5-16(14)18(13)10-8-15-12-21(19,20)11-9-17-15/h2-5,13,15,17H,6-12H2,1H3. The van der Waals surface area contributed by atoms with Gasteiger partial charge < -0.3 is 10.2 Å². The molecule has 2 aliphatic heterocycles. The van der Waals surface area contributed by atoms with E-state index in [4.69, 9.17) is 0 Å². The van der Waals surface area contributed by atoms with Crippen molar-refractivity contribution in [3.8, 4) is 0 Å². The zero-order valence-electron chi connectivity index (χ0n) is 12.6. The molecular formula is C16H24N2O2S. The van der Waals surface area contributed by atoms with Crippen molar-refractivity contribution < 1.29 is 8.42 Å². The second-order valence-corrected chi connectivity index (χ2v) is 8.49. The molecule has 0 aromatic heterocycles. The minimum atomic E-state index is -2.84. The number of nitrogens with zero attached hydrogens (tertiary/aromatic N) is 1. The van der Waals surface area contributed by atoms with Crippen LogP contribution in [0.2, 0.25) is 0 Å². The zero-order valence-corrected chi connectivity index (χ0v) is 13.4. The number of aryl methyl sites for hydroxylation is 1. The summed E-state index contributed by atoms with van der Waals surface area (Å²) in [7, 11) is -2.84. The van der Waals surface area contributed by atoms with Gasteiger partial charge >= 0.3 is 0 Å². The Morgan fingerprint density at radius 2 is 2.14 bits per heavy atom. The third-order valence-electron chi connectivity index (χ3n) is 4.68. The summed E-state index contributed by atoms with van der Waals surface area (Å²) in [5, 5.41) is 3.35. The van der Waals surface area contributed by atoms with Crippen molar-refractivity contribution in [2.75, 3.05) is 29.5 Å². The molecule has 0 bridgehead atoms. The highest BCUT2D eigenvalue weighted by Crippen LogP contribution is 2.30. The molecule has 0 amide bonds. The Labute approximate surface area is 127 Å². The lowest BCUT2D eigenvalue weighted by atomic mass is 9.96. The lowest BCUT2D eigenvalue weighted by molar-refractivity contribution is 0.473. The number of benzene rings is 1. The Bertz CT molecular complexity index is 600. The van der Waals surface area contributed by atoms with E-state index >= 15 is 0 Å². The van der Waals surface area contributed by atoms with Gasteiger partial charge in [0.25, 0.3) is 0 Å². The summed E-state index contributed by atoms with van der Waals surface area (Å²) < 4.78 is 23.4. The van der Waals surface area contributed by atoms with Crippen LogP contribution < -0.4 is 10.2 Å². The first-order chi connectivity index (χ1) is 10.1. The average molecular weight is 308 g/mol. The molecule has 0 radical (unpaired) electrons. The zero-order chi connectivity index (χ0) is 14.9. The molecule has 1 fully saturated rings. The highest BCUT2D eigenvalue weighted by molar-refractivity contribution is 7.91. The van der Waals surface area contributed by atoms with Crippen LogP contribution in [0.15, 0.2) is 24.3 Å². The van der Waals surface area contributed by atoms with Gasteiger partial charge in [-0.3, -0.25) is 0 Å². The maximum absolute atomic E-state index is 11.7. The predicted octanol–water partition coefficient (Wildman–Crippen LogP) is 1.60. The fraction of sp³-hybridized carbons (Fsp3) is 0.625. The second kappa shape index (κ2) is 5.97. The van der Waals surface area contributed by atoms with Crippen molar-refractivity contribution in [3.05, 3.63) is 29.8 Å². The van der Waals surface area contributed by atoms with Crippen LogP contribution in [0.4, 0.5) is 5.69 Å². The molecule has 1 aromatic carbocycles. The topological polar surface area (TPSA) is 49.4 Å². The molecule has 3 rings (SSSR count). The molecule has 5 heteroatoms.